The average Bonchev–Trinajstić information content (AvgIpc) is 3.09. The molecule has 0 aliphatic rings. The Morgan fingerprint density at radius 2 is 0.549 bits per heavy atom. The number of hydrogen-bond acceptors (Lipinski definition) is 6. The number of fused-ring (bicyclic) bond motifs is 9. The van der Waals surface area contributed by atoms with Crippen LogP contribution in [0.1, 0.15) is 5.56 Å². The van der Waals surface area contributed by atoms with Gasteiger partial charge in [-0.1, -0.05) is 224 Å². The number of benzene rings is 11. The van der Waals surface area contributed by atoms with Crippen molar-refractivity contribution in [1.29, 1.82) is 0 Å². The summed E-state index contributed by atoms with van der Waals surface area (Å²) >= 11 is 0. The van der Waals surface area contributed by atoms with Crippen molar-refractivity contribution in [3.63, 3.8) is 0 Å². The first-order valence-corrected chi connectivity index (χ1v) is 27.5. The first-order valence-electron chi connectivity index (χ1n) is 27.5. The molecule has 0 amide bonds. The van der Waals surface area contributed by atoms with Crippen LogP contribution in [0.2, 0.25) is 0 Å². The Balaban J connectivity index is 1.21. The third-order valence-corrected chi connectivity index (χ3v) is 15.8. The Morgan fingerprint density at radius 1 is 0.244 bits per heavy atom. The Hall–Kier alpha value is -11.2. The van der Waals surface area contributed by atoms with E-state index < -0.39 is 0 Å². The van der Waals surface area contributed by atoms with Gasteiger partial charge in [0.1, 0.15) is 0 Å². The topological polar surface area (TPSA) is 92.1 Å². The summed E-state index contributed by atoms with van der Waals surface area (Å²) in [5.41, 5.74) is 14.6. The van der Waals surface area contributed by atoms with Crippen LogP contribution in [0.25, 0.3) is 151 Å². The molecular formula is C73H47N9. The fraction of sp³-hybridized carbons (Fsp3) is 0.0137. The number of para-hydroxylation sites is 5. The standard InChI is InChI=1S/C73H47N9/c1-46-42-43-63-56(44-46)55-36-18-23-41-62(55)82(63)67-64(80-58-37-19-14-32-51(58)52-33-15-20-38-59(52)80)45-57(72-76-68(47-24-6-2-7-25-47)74-69(77-72)48-26-8-3-9-27-48)66(81-60-39-21-16-34-53(60)54-35-17-22-40-61(54)81)65(67)73-78-70(49-28-10-4-11-29-49)75-71(79-73)50-30-12-5-13-31-50/h2-45H,1H3. The molecule has 0 N–H and O–H groups in total. The molecule has 9 heteroatoms. The second kappa shape index (κ2) is 19.0. The smallest absolute Gasteiger partial charge is 0.168 e. The summed E-state index contributed by atoms with van der Waals surface area (Å²) in [7, 11) is 0. The molecule has 82 heavy (non-hydrogen) atoms. The summed E-state index contributed by atoms with van der Waals surface area (Å²) in [6.45, 7) is 2.17. The van der Waals surface area contributed by atoms with Gasteiger partial charge in [-0.3, -0.25) is 0 Å². The zero-order valence-corrected chi connectivity index (χ0v) is 44.4. The molecule has 16 aromatic rings. The molecule has 0 aliphatic heterocycles. The van der Waals surface area contributed by atoms with Crippen molar-refractivity contribution in [2.24, 2.45) is 0 Å². The molecule has 384 valence electrons. The van der Waals surface area contributed by atoms with Crippen molar-refractivity contribution >= 4 is 65.4 Å². The van der Waals surface area contributed by atoms with Gasteiger partial charge in [0.25, 0.3) is 0 Å². The Labute approximate surface area is 471 Å². The van der Waals surface area contributed by atoms with Gasteiger partial charge in [0, 0.05) is 60.1 Å². The highest BCUT2D eigenvalue weighted by atomic mass is 15.1. The minimum Gasteiger partial charge on any atom is -0.308 e. The minimum absolute atomic E-state index is 0.460. The van der Waals surface area contributed by atoms with Crippen LogP contribution in [0.15, 0.2) is 267 Å². The summed E-state index contributed by atoms with van der Waals surface area (Å²) in [6.07, 6.45) is 0. The summed E-state index contributed by atoms with van der Waals surface area (Å²) in [5.74, 6) is 3.07. The fourth-order valence-electron chi connectivity index (χ4n) is 12.2. The summed E-state index contributed by atoms with van der Waals surface area (Å²) in [6, 6.07) is 93.4. The van der Waals surface area contributed by atoms with Crippen molar-refractivity contribution in [3.8, 4) is 85.4 Å². The second-order valence-corrected chi connectivity index (χ2v) is 20.7. The van der Waals surface area contributed by atoms with E-state index in [0.717, 1.165) is 121 Å². The normalized spacial score (nSPS) is 11.7. The molecule has 0 atom stereocenters. The Bertz CT molecular complexity index is 4940. The van der Waals surface area contributed by atoms with Crippen LogP contribution >= 0.6 is 0 Å². The molecule has 0 saturated carbocycles. The van der Waals surface area contributed by atoms with Crippen molar-refractivity contribution < 1.29 is 0 Å². The van der Waals surface area contributed by atoms with E-state index in [0.29, 0.717) is 34.9 Å². The van der Waals surface area contributed by atoms with E-state index in [1.165, 1.54) is 0 Å². The van der Waals surface area contributed by atoms with Gasteiger partial charge in [-0.2, -0.15) is 0 Å². The lowest BCUT2D eigenvalue weighted by Gasteiger charge is -2.26. The third-order valence-electron chi connectivity index (χ3n) is 15.8. The molecule has 0 bridgehead atoms. The summed E-state index contributed by atoms with van der Waals surface area (Å²) < 4.78 is 7.27. The number of hydrogen-bond donors (Lipinski definition) is 0. The van der Waals surface area contributed by atoms with Crippen molar-refractivity contribution in [2.45, 2.75) is 6.92 Å². The van der Waals surface area contributed by atoms with Crippen LogP contribution in [0.3, 0.4) is 0 Å². The van der Waals surface area contributed by atoms with Crippen LogP contribution in [0.4, 0.5) is 0 Å². The van der Waals surface area contributed by atoms with E-state index in [1.54, 1.807) is 0 Å². The highest BCUT2D eigenvalue weighted by Gasteiger charge is 2.33. The highest BCUT2D eigenvalue weighted by molar-refractivity contribution is 6.15. The number of nitrogens with zero attached hydrogens (tertiary/aromatic N) is 9. The number of rotatable bonds is 9. The average molecular weight is 1050 g/mol. The van der Waals surface area contributed by atoms with Crippen molar-refractivity contribution in [3.05, 3.63) is 272 Å². The summed E-state index contributed by atoms with van der Waals surface area (Å²) in [4.78, 5) is 33.5. The fourth-order valence-corrected chi connectivity index (χ4v) is 12.2. The summed E-state index contributed by atoms with van der Waals surface area (Å²) in [5, 5.41) is 6.66. The first-order chi connectivity index (χ1) is 40.6. The van der Waals surface area contributed by atoms with Crippen LogP contribution < -0.4 is 0 Å². The molecule has 16 rings (SSSR count). The SMILES string of the molecule is Cc1ccc2c(c1)c1ccccc1n2-c1c(-n2c3ccccc3c3ccccc32)cc(-c2nc(-c3ccccc3)nc(-c3ccccc3)n2)c(-n2c3ccccc3c3ccccc32)c1-c1nc(-c2ccccc2)nc(-c2ccccc2)n1. The monoisotopic (exact) mass is 1050 g/mol. The lowest BCUT2D eigenvalue weighted by atomic mass is 9.98. The number of aryl methyl sites for hydroxylation is 1. The largest absolute Gasteiger partial charge is 0.308 e. The third kappa shape index (κ3) is 7.55. The van der Waals surface area contributed by atoms with Crippen molar-refractivity contribution in [1.82, 2.24) is 43.6 Å². The maximum atomic E-state index is 5.78. The zero-order valence-electron chi connectivity index (χ0n) is 44.4. The lowest BCUT2D eigenvalue weighted by molar-refractivity contribution is 1.03. The van der Waals surface area contributed by atoms with E-state index in [2.05, 4.69) is 215 Å². The Morgan fingerprint density at radius 3 is 0.951 bits per heavy atom. The molecule has 0 saturated heterocycles. The van der Waals surface area contributed by atoms with Gasteiger partial charge in [-0.15, -0.1) is 0 Å². The molecule has 5 heterocycles. The van der Waals surface area contributed by atoms with E-state index in [1.807, 2.05) is 72.8 Å². The van der Waals surface area contributed by atoms with Gasteiger partial charge >= 0.3 is 0 Å². The molecular weight excluding hydrogens is 1000 g/mol. The maximum absolute atomic E-state index is 5.78. The lowest BCUT2D eigenvalue weighted by Crippen LogP contribution is -2.14. The van der Waals surface area contributed by atoms with Crippen molar-refractivity contribution in [2.75, 3.05) is 0 Å². The predicted molar refractivity (Wildman–Crippen MR) is 334 cm³/mol. The van der Waals surface area contributed by atoms with Gasteiger partial charge in [-0.05, 0) is 55.5 Å². The molecule has 0 radical (unpaired) electrons. The highest BCUT2D eigenvalue weighted by Crippen LogP contribution is 2.50. The van der Waals surface area contributed by atoms with Gasteiger partial charge in [-0.25, -0.2) is 29.9 Å². The molecule has 0 unspecified atom stereocenters. The quantitative estimate of drug-likeness (QED) is 0.143. The molecule has 11 aromatic carbocycles. The Kier molecular flexibility index (Phi) is 10.9. The van der Waals surface area contributed by atoms with Crippen LogP contribution in [0.5, 0.6) is 0 Å². The predicted octanol–water partition coefficient (Wildman–Crippen LogP) is 17.7. The molecule has 0 spiro atoms. The van der Waals surface area contributed by atoms with Crippen LogP contribution in [0, 0.1) is 6.92 Å². The van der Waals surface area contributed by atoms with Gasteiger partial charge < -0.3 is 13.7 Å². The zero-order chi connectivity index (χ0) is 54.3. The van der Waals surface area contributed by atoms with E-state index in [4.69, 9.17) is 29.9 Å². The van der Waals surface area contributed by atoms with E-state index in [9.17, 15) is 0 Å². The molecule has 0 aliphatic carbocycles. The van der Waals surface area contributed by atoms with E-state index >= 15 is 0 Å². The minimum atomic E-state index is 0.460. The van der Waals surface area contributed by atoms with Crippen LogP contribution in [-0.2, 0) is 0 Å². The first kappa shape index (κ1) is 46.9. The molecule has 5 aromatic heterocycles. The van der Waals surface area contributed by atoms with Gasteiger partial charge in [0.2, 0.25) is 0 Å². The van der Waals surface area contributed by atoms with Crippen LogP contribution in [-0.4, -0.2) is 43.6 Å². The maximum Gasteiger partial charge on any atom is 0.168 e. The van der Waals surface area contributed by atoms with Gasteiger partial charge in [0.15, 0.2) is 34.9 Å². The molecule has 9 nitrogen and oxygen atoms in total. The van der Waals surface area contributed by atoms with E-state index in [-0.39, 0.29) is 0 Å². The second-order valence-electron chi connectivity index (χ2n) is 20.7. The van der Waals surface area contributed by atoms with Gasteiger partial charge in [0.05, 0.1) is 55.7 Å². The molecule has 0 fully saturated rings. The number of aromatic nitrogens is 9.